The van der Waals surface area contributed by atoms with Crippen LogP contribution in [0.1, 0.15) is 19.3 Å². The summed E-state index contributed by atoms with van der Waals surface area (Å²) in [6, 6.07) is 8.18. The molecule has 0 radical (unpaired) electrons. The van der Waals surface area contributed by atoms with Gasteiger partial charge in [0, 0.05) is 36.0 Å². The Morgan fingerprint density at radius 3 is 2.80 bits per heavy atom. The van der Waals surface area contributed by atoms with Crippen molar-refractivity contribution in [2.45, 2.75) is 31.4 Å². The molecule has 1 aromatic carbocycles. The number of H-pyrrole nitrogens is 1. The quantitative estimate of drug-likeness (QED) is 0.784. The molecule has 0 unspecified atom stereocenters. The number of fused-ring (bicyclic) bond motifs is 1. The first-order chi connectivity index (χ1) is 11.8. The number of amides is 1. The molecule has 0 spiro atoms. The van der Waals surface area contributed by atoms with Crippen molar-refractivity contribution in [1.29, 1.82) is 0 Å². The zero-order valence-corrected chi connectivity index (χ0v) is 14.7. The zero-order chi connectivity index (χ0) is 16.4. The van der Waals surface area contributed by atoms with E-state index in [0.29, 0.717) is 6.04 Å². The van der Waals surface area contributed by atoms with Gasteiger partial charge in [-0.2, -0.15) is 5.10 Å². The molecule has 1 aromatic heterocycles. The highest BCUT2D eigenvalue weighted by Gasteiger charge is 2.35. The number of carbonyl (C=O) groups is 1. The van der Waals surface area contributed by atoms with Crippen LogP contribution in [0.3, 0.4) is 0 Å². The average molecular weight is 363 g/mol. The Balaban J connectivity index is 0.00000182. The van der Waals surface area contributed by atoms with Crippen molar-refractivity contribution in [1.82, 2.24) is 15.5 Å². The van der Waals surface area contributed by atoms with Gasteiger partial charge in [0.05, 0.1) is 18.9 Å². The second-order valence-electron chi connectivity index (χ2n) is 6.53. The normalized spacial score (nSPS) is 25.5. The predicted molar refractivity (Wildman–Crippen MR) is 98.8 cm³/mol. The van der Waals surface area contributed by atoms with Gasteiger partial charge in [0.1, 0.15) is 0 Å². The van der Waals surface area contributed by atoms with Crippen molar-refractivity contribution < 1.29 is 9.53 Å². The molecular formula is C18H23ClN4O2. The molecule has 3 N–H and O–H groups in total. The Morgan fingerprint density at radius 2 is 2.04 bits per heavy atom. The van der Waals surface area contributed by atoms with Crippen LogP contribution in [-0.2, 0) is 9.53 Å². The number of ether oxygens (including phenoxy) is 1. The van der Waals surface area contributed by atoms with Gasteiger partial charge >= 0.3 is 0 Å². The first-order valence-corrected chi connectivity index (χ1v) is 8.54. The van der Waals surface area contributed by atoms with Crippen molar-refractivity contribution >= 4 is 24.0 Å². The molecule has 0 bridgehead atoms. The summed E-state index contributed by atoms with van der Waals surface area (Å²) in [4.78, 5) is 12.6. The number of morpholine rings is 1. The minimum Gasteiger partial charge on any atom is -0.375 e. The van der Waals surface area contributed by atoms with E-state index >= 15 is 0 Å². The summed E-state index contributed by atoms with van der Waals surface area (Å²) in [6.45, 7) is 1.66. The number of nitrogens with zero attached hydrogens (tertiary/aromatic N) is 1. The van der Waals surface area contributed by atoms with Crippen molar-refractivity contribution in [3.05, 3.63) is 36.7 Å². The maximum absolute atomic E-state index is 12.6. The van der Waals surface area contributed by atoms with Crippen LogP contribution in [0.15, 0.2) is 36.7 Å². The average Bonchev–Trinajstić information content (AvgIpc) is 3.16. The van der Waals surface area contributed by atoms with E-state index < -0.39 is 0 Å². The van der Waals surface area contributed by atoms with Crippen LogP contribution in [0.25, 0.3) is 11.1 Å². The van der Waals surface area contributed by atoms with Crippen LogP contribution in [0.5, 0.6) is 0 Å². The fourth-order valence-electron chi connectivity index (χ4n) is 3.65. The van der Waals surface area contributed by atoms with E-state index in [1.165, 1.54) is 0 Å². The van der Waals surface area contributed by atoms with Gasteiger partial charge in [-0.25, -0.2) is 0 Å². The Labute approximate surface area is 153 Å². The van der Waals surface area contributed by atoms with Crippen molar-refractivity contribution in [2.24, 2.45) is 5.92 Å². The van der Waals surface area contributed by atoms with Gasteiger partial charge in [0.25, 0.3) is 0 Å². The Bertz CT molecular complexity index is 690. The fourth-order valence-corrected chi connectivity index (χ4v) is 3.65. The summed E-state index contributed by atoms with van der Waals surface area (Å²) in [5.41, 5.74) is 2.95. The summed E-state index contributed by atoms with van der Waals surface area (Å²) in [5.74, 6) is 0.158. The topological polar surface area (TPSA) is 79.0 Å². The third kappa shape index (κ3) is 4.03. The number of hydrogen-bond acceptors (Lipinski definition) is 4. The molecule has 3 atom stereocenters. The minimum absolute atomic E-state index is 0. The van der Waals surface area contributed by atoms with Crippen LogP contribution >= 0.6 is 12.4 Å². The summed E-state index contributed by atoms with van der Waals surface area (Å²) < 4.78 is 5.77. The number of aromatic amines is 1. The van der Waals surface area contributed by atoms with Gasteiger partial charge in [0.2, 0.25) is 5.91 Å². The first kappa shape index (κ1) is 17.9. The largest absolute Gasteiger partial charge is 0.375 e. The second kappa shape index (κ2) is 7.99. The summed E-state index contributed by atoms with van der Waals surface area (Å²) in [6.07, 6.45) is 6.61. The molecule has 6 nitrogen and oxygen atoms in total. The highest BCUT2D eigenvalue weighted by atomic mass is 35.5. The van der Waals surface area contributed by atoms with Gasteiger partial charge in [0.15, 0.2) is 0 Å². The molecule has 1 saturated carbocycles. The van der Waals surface area contributed by atoms with Crippen LogP contribution in [-0.4, -0.2) is 41.4 Å². The van der Waals surface area contributed by atoms with E-state index in [2.05, 4.69) is 20.8 Å². The highest BCUT2D eigenvalue weighted by Crippen LogP contribution is 2.29. The number of benzene rings is 1. The molecule has 7 heteroatoms. The SMILES string of the molecule is Cl.O=C(Nc1ccc(-c2cn[nH]c2)cc1)[C@H]1CC[C@H]2OCCN[C@@H]2C1. The minimum atomic E-state index is 0. The number of aromatic nitrogens is 2. The van der Waals surface area contributed by atoms with E-state index in [1.54, 1.807) is 6.20 Å². The van der Waals surface area contributed by atoms with E-state index in [4.69, 9.17) is 4.74 Å². The second-order valence-corrected chi connectivity index (χ2v) is 6.53. The Morgan fingerprint density at radius 1 is 1.20 bits per heavy atom. The predicted octanol–water partition coefficient (Wildman–Crippen LogP) is 2.59. The van der Waals surface area contributed by atoms with Gasteiger partial charge in [-0.05, 0) is 37.0 Å². The van der Waals surface area contributed by atoms with Gasteiger partial charge in [-0.15, -0.1) is 12.4 Å². The monoisotopic (exact) mass is 362 g/mol. The van der Waals surface area contributed by atoms with Gasteiger partial charge in [-0.3, -0.25) is 9.89 Å². The number of nitrogens with one attached hydrogen (secondary N) is 3. The van der Waals surface area contributed by atoms with Crippen molar-refractivity contribution in [2.75, 3.05) is 18.5 Å². The molecule has 134 valence electrons. The Kier molecular flexibility index (Phi) is 5.73. The molecule has 25 heavy (non-hydrogen) atoms. The maximum atomic E-state index is 12.6. The fraction of sp³-hybridized carbons (Fsp3) is 0.444. The third-order valence-corrected chi connectivity index (χ3v) is 4.98. The standard InChI is InChI=1S/C18H22N4O2.ClH/c23-18(13-3-6-17-16(9-13)19-7-8-24-17)22-15-4-1-12(2-5-15)14-10-20-21-11-14;/h1-2,4-5,10-11,13,16-17,19H,3,6-9H2,(H,20,21)(H,22,23);1H/t13-,16+,17+;/m0./s1. The van der Waals surface area contributed by atoms with E-state index in [0.717, 1.165) is 49.2 Å². The highest BCUT2D eigenvalue weighted by molar-refractivity contribution is 5.92. The Hall–Kier alpha value is -1.89. The first-order valence-electron chi connectivity index (χ1n) is 8.54. The van der Waals surface area contributed by atoms with E-state index in [9.17, 15) is 4.79 Å². The third-order valence-electron chi connectivity index (χ3n) is 4.98. The molecule has 2 heterocycles. The van der Waals surface area contributed by atoms with E-state index in [1.807, 2.05) is 30.5 Å². The molecule has 4 rings (SSSR count). The number of rotatable bonds is 3. The lowest BCUT2D eigenvalue weighted by Crippen LogP contribution is -2.52. The van der Waals surface area contributed by atoms with Crippen LogP contribution in [0.2, 0.25) is 0 Å². The number of carbonyl (C=O) groups excluding carboxylic acids is 1. The lowest BCUT2D eigenvalue weighted by Gasteiger charge is -2.39. The molecule has 2 aromatic rings. The molecule has 2 fully saturated rings. The van der Waals surface area contributed by atoms with Gasteiger partial charge < -0.3 is 15.4 Å². The molecule has 1 aliphatic carbocycles. The van der Waals surface area contributed by atoms with Gasteiger partial charge in [-0.1, -0.05) is 12.1 Å². The summed E-state index contributed by atoms with van der Waals surface area (Å²) >= 11 is 0. The number of halogens is 1. The molecule has 1 amide bonds. The smallest absolute Gasteiger partial charge is 0.227 e. The lowest BCUT2D eigenvalue weighted by molar-refractivity contribution is -0.123. The molecular weight excluding hydrogens is 340 g/mol. The molecule has 1 saturated heterocycles. The summed E-state index contributed by atoms with van der Waals surface area (Å²) in [7, 11) is 0. The van der Waals surface area contributed by atoms with Crippen molar-refractivity contribution in [3.8, 4) is 11.1 Å². The lowest BCUT2D eigenvalue weighted by atomic mass is 9.82. The zero-order valence-electron chi connectivity index (χ0n) is 13.9. The van der Waals surface area contributed by atoms with Crippen molar-refractivity contribution in [3.63, 3.8) is 0 Å². The summed E-state index contributed by atoms with van der Waals surface area (Å²) in [5, 5.41) is 13.3. The number of hydrogen-bond donors (Lipinski definition) is 3. The van der Waals surface area contributed by atoms with E-state index in [-0.39, 0.29) is 30.3 Å². The van der Waals surface area contributed by atoms with Crippen LogP contribution in [0.4, 0.5) is 5.69 Å². The van der Waals surface area contributed by atoms with Crippen LogP contribution < -0.4 is 10.6 Å². The van der Waals surface area contributed by atoms with Crippen LogP contribution in [0, 0.1) is 5.92 Å². The molecule has 1 aliphatic heterocycles. The molecule has 2 aliphatic rings. The maximum Gasteiger partial charge on any atom is 0.227 e. The number of anilines is 1.